The monoisotopic (exact) mass is 409 g/mol. The van der Waals surface area contributed by atoms with Crippen LogP contribution in [0.5, 0.6) is 0 Å². The Morgan fingerprint density at radius 3 is 2.89 bits per heavy atom. The maximum atomic E-state index is 12.8. The molecule has 2 aromatic heterocycles. The Labute approximate surface area is 172 Å². The fourth-order valence-corrected chi connectivity index (χ4v) is 5.30. The van der Waals surface area contributed by atoms with Crippen molar-refractivity contribution in [2.24, 2.45) is 0 Å². The number of benzene rings is 2. The van der Waals surface area contributed by atoms with E-state index in [0.717, 1.165) is 52.9 Å². The van der Waals surface area contributed by atoms with Crippen LogP contribution in [0.4, 0.5) is 0 Å². The van der Waals surface area contributed by atoms with E-state index >= 15 is 0 Å². The SMILES string of the molecule is O=C(Cc1c[nH]c2ccccc12)N1CCC(c2nc3cc(Cl)ccc3s2)CC1. The van der Waals surface area contributed by atoms with Crippen molar-refractivity contribution < 1.29 is 4.79 Å². The fraction of sp³-hybridized carbons (Fsp3) is 0.273. The summed E-state index contributed by atoms with van der Waals surface area (Å²) in [6.07, 6.45) is 4.34. The number of amides is 1. The van der Waals surface area contributed by atoms with E-state index in [1.807, 2.05) is 47.5 Å². The molecule has 5 rings (SSSR count). The molecule has 1 saturated heterocycles. The van der Waals surface area contributed by atoms with Crippen LogP contribution >= 0.6 is 22.9 Å². The second kappa shape index (κ2) is 7.22. The van der Waals surface area contributed by atoms with Gasteiger partial charge < -0.3 is 9.88 Å². The zero-order chi connectivity index (χ0) is 19.1. The molecular weight excluding hydrogens is 390 g/mol. The molecule has 0 radical (unpaired) electrons. The largest absolute Gasteiger partial charge is 0.361 e. The molecule has 0 spiro atoms. The summed E-state index contributed by atoms with van der Waals surface area (Å²) < 4.78 is 1.18. The van der Waals surface area contributed by atoms with Gasteiger partial charge in [-0.2, -0.15) is 0 Å². The number of H-pyrrole nitrogens is 1. The molecule has 0 bridgehead atoms. The van der Waals surface area contributed by atoms with Gasteiger partial charge in [-0.15, -0.1) is 11.3 Å². The van der Waals surface area contributed by atoms with Crippen LogP contribution in [0, 0.1) is 0 Å². The smallest absolute Gasteiger partial charge is 0.227 e. The van der Waals surface area contributed by atoms with Crippen molar-refractivity contribution >= 4 is 50.0 Å². The summed E-state index contributed by atoms with van der Waals surface area (Å²) in [5.74, 6) is 0.632. The first-order chi connectivity index (χ1) is 13.7. The molecule has 4 nitrogen and oxygen atoms in total. The third-order valence-electron chi connectivity index (χ3n) is 5.58. The molecule has 1 fully saturated rings. The lowest BCUT2D eigenvalue weighted by Crippen LogP contribution is -2.38. The zero-order valence-corrected chi connectivity index (χ0v) is 16.9. The van der Waals surface area contributed by atoms with Crippen molar-refractivity contribution in [3.63, 3.8) is 0 Å². The number of thiazole rings is 1. The molecule has 1 amide bonds. The highest BCUT2D eigenvalue weighted by molar-refractivity contribution is 7.18. The number of aromatic amines is 1. The molecule has 1 N–H and O–H groups in total. The zero-order valence-electron chi connectivity index (χ0n) is 15.3. The topological polar surface area (TPSA) is 49.0 Å². The molecule has 0 unspecified atom stereocenters. The molecule has 3 heterocycles. The van der Waals surface area contributed by atoms with Crippen LogP contribution in [0.25, 0.3) is 21.1 Å². The Balaban J connectivity index is 1.25. The third kappa shape index (κ3) is 3.29. The van der Waals surface area contributed by atoms with Crippen LogP contribution in [0.2, 0.25) is 5.02 Å². The average molecular weight is 410 g/mol. The minimum Gasteiger partial charge on any atom is -0.361 e. The summed E-state index contributed by atoms with van der Waals surface area (Å²) in [6, 6.07) is 14.0. The highest BCUT2D eigenvalue weighted by Crippen LogP contribution is 2.35. The number of hydrogen-bond donors (Lipinski definition) is 1. The van der Waals surface area contributed by atoms with Crippen molar-refractivity contribution in [1.82, 2.24) is 14.9 Å². The maximum absolute atomic E-state index is 12.8. The summed E-state index contributed by atoms with van der Waals surface area (Å²) in [4.78, 5) is 22.9. The third-order valence-corrected chi connectivity index (χ3v) is 7.01. The van der Waals surface area contributed by atoms with E-state index in [-0.39, 0.29) is 5.91 Å². The van der Waals surface area contributed by atoms with E-state index in [9.17, 15) is 4.79 Å². The van der Waals surface area contributed by atoms with E-state index in [4.69, 9.17) is 16.6 Å². The molecular formula is C22H20ClN3OS. The number of piperidine rings is 1. The number of nitrogens with zero attached hydrogens (tertiary/aromatic N) is 2. The highest BCUT2D eigenvalue weighted by Gasteiger charge is 2.26. The van der Waals surface area contributed by atoms with Crippen LogP contribution in [-0.2, 0) is 11.2 Å². The lowest BCUT2D eigenvalue weighted by Gasteiger charge is -2.31. The van der Waals surface area contributed by atoms with Crippen molar-refractivity contribution in [1.29, 1.82) is 0 Å². The van der Waals surface area contributed by atoms with Gasteiger partial charge in [-0.05, 0) is 42.7 Å². The number of nitrogens with one attached hydrogen (secondary N) is 1. The van der Waals surface area contributed by atoms with Gasteiger partial charge in [0.1, 0.15) is 0 Å². The summed E-state index contributed by atoms with van der Waals surface area (Å²) in [5.41, 5.74) is 3.14. The summed E-state index contributed by atoms with van der Waals surface area (Å²) in [6.45, 7) is 1.59. The molecule has 28 heavy (non-hydrogen) atoms. The van der Waals surface area contributed by atoms with Gasteiger partial charge in [0.15, 0.2) is 0 Å². The average Bonchev–Trinajstić information content (AvgIpc) is 3.32. The Bertz CT molecular complexity index is 1160. The normalized spacial score (nSPS) is 15.5. The molecule has 142 valence electrons. The van der Waals surface area contributed by atoms with Crippen LogP contribution in [0.1, 0.15) is 29.3 Å². The summed E-state index contributed by atoms with van der Waals surface area (Å²) in [5, 5.41) is 3.03. The number of para-hydroxylation sites is 1. The van der Waals surface area contributed by atoms with Gasteiger partial charge in [-0.1, -0.05) is 29.8 Å². The van der Waals surface area contributed by atoms with Gasteiger partial charge >= 0.3 is 0 Å². The first-order valence-electron chi connectivity index (χ1n) is 9.56. The van der Waals surface area contributed by atoms with Gasteiger partial charge in [-0.3, -0.25) is 4.79 Å². The van der Waals surface area contributed by atoms with E-state index in [1.165, 1.54) is 9.71 Å². The fourth-order valence-electron chi connectivity index (χ4n) is 4.02. The predicted octanol–water partition coefficient (Wildman–Crippen LogP) is 5.38. The van der Waals surface area contributed by atoms with Crippen LogP contribution < -0.4 is 0 Å². The summed E-state index contributed by atoms with van der Waals surface area (Å²) >= 11 is 7.83. The van der Waals surface area contributed by atoms with Gasteiger partial charge in [0.2, 0.25) is 5.91 Å². The van der Waals surface area contributed by atoms with Crippen LogP contribution in [0.3, 0.4) is 0 Å². The molecule has 0 aliphatic carbocycles. The van der Waals surface area contributed by atoms with Crippen molar-refractivity contribution in [3.05, 3.63) is 64.3 Å². The number of aromatic nitrogens is 2. The Morgan fingerprint density at radius 1 is 1.21 bits per heavy atom. The van der Waals surface area contributed by atoms with Crippen molar-refractivity contribution in [2.75, 3.05) is 13.1 Å². The molecule has 0 atom stereocenters. The second-order valence-electron chi connectivity index (χ2n) is 7.36. The molecule has 2 aromatic carbocycles. The molecule has 6 heteroatoms. The number of likely N-dealkylation sites (tertiary alicyclic amines) is 1. The quantitative estimate of drug-likeness (QED) is 0.493. The maximum Gasteiger partial charge on any atom is 0.227 e. The summed E-state index contributed by atoms with van der Waals surface area (Å²) in [7, 11) is 0. The van der Waals surface area contributed by atoms with Crippen molar-refractivity contribution in [3.8, 4) is 0 Å². The first kappa shape index (κ1) is 17.7. The Kier molecular flexibility index (Phi) is 4.57. The van der Waals surface area contributed by atoms with Gasteiger partial charge in [-0.25, -0.2) is 4.98 Å². The van der Waals surface area contributed by atoms with Crippen LogP contribution in [0.15, 0.2) is 48.7 Å². The Hall–Kier alpha value is -2.37. The number of hydrogen-bond acceptors (Lipinski definition) is 3. The molecule has 1 aliphatic heterocycles. The lowest BCUT2D eigenvalue weighted by atomic mass is 9.97. The first-order valence-corrected chi connectivity index (χ1v) is 10.8. The van der Waals surface area contributed by atoms with Crippen molar-refractivity contribution in [2.45, 2.75) is 25.2 Å². The minimum atomic E-state index is 0.208. The minimum absolute atomic E-state index is 0.208. The van der Waals surface area contributed by atoms with Gasteiger partial charge in [0, 0.05) is 41.1 Å². The van der Waals surface area contributed by atoms with Gasteiger partial charge in [0.05, 0.1) is 21.6 Å². The van der Waals surface area contributed by atoms with E-state index in [1.54, 1.807) is 11.3 Å². The Morgan fingerprint density at radius 2 is 2.04 bits per heavy atom. The molecule has 4 aromatic rings. The number of fused-ring (bicyclic) bond motifs is 2. The number of carbonyl (C=O) groups is 1. The lowest BCUT2D eigenvalue weighted by molar-refractivity contribution is -0.131. The predicted molar refractivity (Wildman–Crippen MR) is 115 cm³/mol. The highest BCUT2D eigenvalue weighted by atomic mass is 35.5. The van der Waals surface area contributed by atoms with E-state index < -0.39 is 0 Å². The second-order valence-corrected chi connectivity index (χ2v) is 8.85. The van der Waals surface area contributed by atoms with E-state index in [2.05, 4.69) is 11.1 Å². The van der Waals surface area contributed by atoms with E-state index in [0.29, 0.717) is 12.3 Å². The van der Waals surface area contributed by atoms with Gasteiger partial charge in [0.25, 0.3) is 0 Å². The standard InChI is InChI=1S/C22H20ClN3OS/c23-16-5-6-20-19(12-16)25-22(28-20)14-7-9-26(10-8-14)21(27)11-15-13-24-18-4-2-1-3-17(15)18/h1-6,12-14,24H,7-11H2. The van der Waals surface area contributed by atoms with Crippen LogP contribution in [-0.4, -0.2) is 33.9 Å². The number of rotatable bonds is 3. The number of halogens is 1. The molecule has 1 aliphatic rings. The molecule has 0 saturated carbocycles. The number of carbonyl (C=O) groups excluding carboxylic acids is 1.